The van der Waals surface area contributed by atoms with E-state index in [4.69, 9.17) is 4.74 Å². The fourth-order valence-corrected chi connectivity index (χ4v) is 4.60. The molecule has 7 nitrogen and oxygen atoms in total. The Bertz CT molecular complexity index is 1240. The van der Waals surface area contributed by atoms with Gasteiger partial charge in [0.1, 0.15) is 11.4 Å². The Hall–Kier alpha value is -3.10. The highest BCUT2D eigenvalue weighted by Crippen LogP contribution is 2.29. The van der Waals surface area contributed by atoms with Gasteiger partial charge in [-0.05, 0) is 42.9 Å². The number of aromatic nitrogens is 3. The molecule has 0 saturated carbocycles. The Balaban J connectivity index is 1.90. The lowest BCUT2D eigenvalue weighted by molar-refractivity contribution is 0.413. The van der Waals surface area contributed by atoms with Gasteiger partial charge in [-0.1, -0.05) is 6.07 Å². The Kier molecular flexibility index (Phi) is 4.66. The zero-order valence-electron chi connectivity index (χ0n) is 15.5. The van der Waals surface area contributed by atoms with E-state index in [2.05, 4.69) is 15.3 Å². The van der Waals surface area contributed by atoms with Gasteiger partial charge in [-0.2, -0.15) is 0 Å². The van der Waals surface area contributed by atoms with E-state index in [0.717, 1.165) is 22.2 Å². The molecule has 3 aromatic heterocycles. The van der Waals surface area contributed by atoms with Crippen LogP contribution < -0.4 is 10.1 Å². The van der Waals surface area contributed by atoms with Crippen LogP contribution in [0.5, 0.6) is 5.75 Å². The molecule has 0 unspecified atom stereocenters. The van der Waals surface area contributed by atoms with Crippen LogP contribution in [0, 0.1) is 0 Å². The third-order valence-electron chi connectivity index (χ3n) is 4.52. The predicted octanol–water partition coefficient (Wildman–Crippen LogP) is 3.00. The standard InChI is InChI=1S/C20H20N4O3S/c1-21-11-14-8-19(16-9-15-6-7-22-20(15)23-12-16)24(13-14)28(25,26)18-5-3-4-17(10-18)27-2/h3-10,12-13,21H,11H2,1-2H3,(H,22,23). The molecule has 0 aliphatic carbocycles. The molecule has 2 N–H and O–H groups in total. The smallest absolute Gasteiger partial charge is 0.268 e. The molecule has 1 aromatic carbocycles. The first kappa shape index (κ1) is 18.3. The normalized spacial score (nSPS) is 11.8. The molecule has 8 heteroatoms. The summed E-state index contributed by atoms with van der Waals surface area (Å²) in [5, 5.41) is 3.98. The average molecular weight is 396 g/mol. The molecule has 4 rings (SSSR count). The number of H-pyrrole nitrogens is 1. The third-order valence-corrected chi connectivity index (χ3v) is 6.19. The number of methoxy groups -OCH3 is 1. The fraction of sp³-hybridized carbons (Fsp3) is 0.150. The van der Waals surface area contributed by atoms with Gasteiger partial charge in [0.2, 0.25) is 0 Å². The number of pyridine rings is 1. The zero-order chi connectivity index (χ0) is 19.7. The molecular weight excluding hydrogens is 376 g/mol. The number of nitrogens with zero attached hydrogens (tertiary/aromatic N) is 2. The fourth-order valence-electron chi connectivity index (χ4n) is 3.16. The summed E-state index contributed by atoms with van der Waals surface area (Å²) >= 11 is 0. The monoisotopic (exact) mass is 396 g/mol. The van der Waals surface area contributed by atoms with E-state index in [1.165, 1.54) is 17.1 Å². The largest absolute Gasteiger partial charge is 0.497 e. The maximum atomic E-state index is 13.4. The van der Waals surface area contributed by atoms with Crippen molar-refractivity contribution in [1.82, 2.24) is 19.3 Å². The van der Waals surface area contributed by atoms with Crippen LogP contribution in [0.1, 0.15) is 5.56 Å². The van der Waals surface area contributed by atoms with Crippen LogP contribution in [0.3, 0.4) is 0 Å². The minimum absolute atomic E-state index is 0.162. The van der Waals surface area contributed by atoms with Crippen LogP contribution in [0.25, 0.3) is 22.3 Å². The SMILES string of the molecule is CNCc1cc(-c2cnc3[nH]ccc3c2)n(S(=O)(=O)c2cccc(OC)c2)c1. The molecule has 3 heterocycles. The summed E-state index contributed by atoms with van der Waals surface area (Å²) in [6.07, 6.45) is 5.12. The lowest BCUT2D eigenvalue weighted by atomic mass is 10.1. The molecule has 0 saturated heterocycles. The summed E-state index contributed by atoms with van der Waals surface area (Å²) in [5.74, 6) is 0.487. The third kappa shape index (κ3) is 3.17. The van der Waals surface area contributed by atoms with Gasteiger partial charge in [0.05, 0.1) is 17.7 Å². The van der Waals surface area contributed by atoms with Crippen LogP contribution in [0.4, 0.5) is 0 Å². The summed E-state index contributed by atoms with van der Waals surface area (Å²) < 4.78 is 33.3. The highest BCUT2D eigenvalue weighted by molar-refractivity contribution is 7.90. The molecule has 0 aliphatic rings. The van der Waals surface area contributed by atoms with Crippen LogP contribution >= 0.6 is 0 Å². The van der Waals surface area contributed by atoms with Gasteiger partial charge in [0.25, 0.3) is 10.0 Å². The first-order chi connectivity index (χ1) is 13.5. The lowest BCUT2D eigenvalue weighted by Gasteiger charge is -2.11. The maximum Gasteiger partial charge on any atom is 0.268 e. The van der Waals surface area contributed by atoms with E-state index in [-0.39, 0.29) is 4.90 Å². The van der Waals surface area contributed by atoms with Crippen molar-refractivity contribution in [3.63, 3.8) is 0 Å². The van der Waals surface area contributed by atoms with Gasteiger partial charge in [-0.25, -0.2) is 17.4 Å². The number of hydrogen-bond acceptors (Lipinski definition) is 5. The summed E-state index contributed by atoms with van der Waals surface area (Å²) in [6, 6.07) is 12.2. The zero-order valence-corrected chi connectivity index (χ0v) is 16.3. The van der Waals surface area contributed by atoms with Gasteiger partial charge in [0.15, 0.2) is 0 Å². The van der Waals surface area contributed by atoms with Crippen LogP contribution in [0.2, 0.25) is 0 Å². The summed E-state index contributed by atoms with van der Waals surface area (Å²) in [5.41, 5.74) is 2.90. The number of nitrogens with one attached hydrogen (secondary N) is 2. The summed E-state index contributed by atoms with van der Waals surface area (Å²) in [4.78, 5) is 7.61. The van der Waals surface area contributed by atoms with Crippen LogP contribution in [-0.2, 0) is 16.6 Å². The molecular formula is C20H20N4O3S. The highest BCUT2D eigenvalue weighted by atomic mass is 32.2. The predicted molar refractivity (Wildman–Crippen MR) is 108 cm³/mol. The second-order valence-electron chi connectivity index (χ2n) is 6.38. The first-order valence-electron chi connectivity index (χ1n) is 8.72. The van der Waals surface area contributed by atoms with E-state index in [1.807, 2.05) is 25.2 Å². The van der Waals surface area contributed by atoms with E-state index < -0.39 is 10.0 Å². The second kappa shape index (κ2) is 7.14. The Labute approximate surface area is 163 Å². The van der Waals surface area contributed by atoms with E-state index >= 15 is 0 Å². The molecule has 0 fully saturated rings. The quantitative estimate of drug-likeness (QED) is 0.523. The van der Waals surface area contributed by atoms with Gasteiger partial charge in [0, 0.05) is 42.2 Å². The second-order valence-corrected chi connectivity index (χ2v) is 8.20. The van der Waals surface area contributed by atoms with E-state index in [0.29, 0.717) is 18.0 Å². The molecule has 0 amide bonds. The topological polar surface area (TPSA) is 89.0 Å². The van der Waals surface area contributed by atoms with Crippen LogP contribution in [0.15, 0.2) is 66.0 Å². The Morgan fingerprint density at radius 3 is 2.86 bits per heavy atom. The molecule has 4 aromatic rings. The van der Waals surface area contributed by atoms with Crippen molar-refractivity contribution in [3.8, 4) is 17.0 Å². The van der Waals surface area contributed by atoms with Gasteiger partial charge in [-0.15, -0.1) is 0 Å². The molecule has 0 bridgehead atoms. The van der Waals surface area contributed by atoms with Crippen molar-refractivity contribution >= 4 is 21.1 Å². The van der Waals surface area contributed by atoms with Crippen molar-refractivity contribution in [2.45, 2.75) is 11.4 Å². The number of fused-ring (bicyclic) bond motifs is 1. The minimum atomic E-state index is -3.81. The summed E-state index contributed by atoms with van der Waals surface area (Å²) in [6.45, 7) is 0.549. The van der Waals surface area contributed by atoms with E-state index in [1.54, 1.807) is 36.8 Å². The molecule has 144 valence electrons. The lowest BCUT2D eigenvalue weighted by Crippen LogP contribution is -2.13. The molecule has 0 aliphatic heterocycles. The number of ether oxygens (including phenoxy) is 1. The number of rotatable bonds is 6. The van der Waals surface area contributed by atoms with Crippen molar-refractivity contribution in [1.29, 1.82) is 0 Å². The van der Waals surface area contributed by atoms with Crippen molar-refractivity contribution in [3.05, 3.63) is 66.6 Å². The number of aromatic amines is 1. The van der Waals surface area contributed by atoms with Gasteiger partial charge >= 0.3 is 0 Å². The number of benzene rings is 1. The maximum absolute atomic E-state index is 13.4. The molecule has 0 radical (unpaired) electrons. The summed E-state index contributed by atoms with van der Waals surface area (Å²) in [7, 11) is -0.484. The van der Waals surface area contributed by atoms with Crippen molar-refractivity contribution < 1.29 is 13.2 Å². The average Bonchev–Trinajstić information content (AvgIpc) is 3.35. The highest BCUT2D eigenvalue weighted by Gasteiger charge is 2.22. The Morgan fingerprint density at radius 2 is 2.07 bits per heavy atom. The Morgan fingerprint density at radius 1 is 1.21 bits per heavy atom. The minimum Gasteiger partial charge on any atom is -0.497 e. The van der Waals surface area contributed by atoms with Crippen molar-refractivity contribution in [2.24, 2.45) is 0 Å². The first-order valence-corrected chi connectivity index (χ1v) is 10.2. The van der Waals surface area contributed by atoms with Crippen LogP contribution in [-0.4, -0.2) is 36.5 Å². The van der Waals surface area contributed by atoms with Crippen molar-refractivity contribution in [2.75, 3.05) is 14.2 Å². The number of hydrogen-bond donors (Lipinski definition) is 2. The molecule has 0 atom stereocenters. The molecule has 0 spiro atoms. The van der Waals surface area contributed by atoms with E-state index in [9.17, 15) is 8.42 Å². The van der Waals surface area contributed by atoms with Gasteiger partial charge < -0.3 is 15.0 Å². The molecule has 28 heavy (non-hydrogen) atoms. The van der Waals surface area contributed by atoms with Gasteiger partial charge in [-0.3, -0.25) is 0 Å².